The zero-order valence-corrected chi connectivity index (χ0v) is 9.30. The summed E-state index contributed by atoms with van der Waals surface area (Å²) in [6.07, 6.45) is 7.21. The van der Waals surface area contributed by atoms with Gasteiger partial charge < -0.3 is 5.32 Å². The fourth-order valence-electron chi connectivity index (χ4n) is 1.42. The summed E-state index contributed by atoms with van der Waals surface area (Å²) in [4.78, 5) is 8.00. The second-order valence-electron chi connectivity index (χ2n) is 3.66. The fourth-order valence-corrected chi connectivity index (χ4v) is 1.42. The van der Waals surface area contributed by atoms with Crippen molar-refractivity contribution < 1.29 is 0 Å². The van der Waals surface area contributed by atoms with Crippen LogP contribution in [0.3, 0.4) is 0 Å². The molecule has 0 aliphatic rings. The van der Waals surface area contributed by atoms with Crippen LogP contribution in [0.25, 0.3) is 0 Å². The van der Waals surface area contributed by atoms with Crippen LogP contribution in [-0.2, 0) is 13.1 Å². The van der Waals surface area contributed by atoms with Gasteiger partial charge in [-0.3, -0.25) is 4.68 Å². The summed E-state index contributed by atoms with van der Waals surface area (Å²) < 4.78 is 1.93. The van der Waals surface area contributed by atoms with E-state index in [9.17, 15) is 0 Å². The SMILES string of the molecule is Cc1cnn(CCNCc2ccncn2)c1. The van der Waals surface area contributed by atoms with E-state index < -0.39 is 0 Å². The first-order valence-electron chi connectivity index (χ1n) is 5.29. The summed E-state index contributed by atoms with van der Waals surface area (Å²) >= 11 is 0. The largest absolute Gasteiger partial charge is 0.309 e. The molecule has 0 saturated carbocycles. The van der Waals surface area contributed by atoms with Gasteiger partial charge in [0.1, 0.15) is 6.33 Å². The van der Waals surface area contributed by atoms with Crippen molar-refractivity contribution in [3.05, 3.63) is 42.2 Å². The van der Waals surface area contributed by atoms with Gasteiger partial charge in [0, 0.05) is 25.5 Å². The Morgan fingerprint density at radius 2 is 2.38 bits per heavy atom. The first-order valence-corrected chi connectivity index (χ1v) is 5.29. The third kappa shape index (κ3) is 3.13. The summed E-state index contributed by atoms with van der Waals surface area (Å²) in [6, 6.07) is 1.91. The van der Waals surface area contributed by atoms with E-state index >= 15 is 0 Å². The summed E-state index contributed by atoms with van der Waals surface area (Å²) in [6.45, 7) is 4.56. The molecule has 2 heterocycles. The number of nitrogens with one attached hydrogen (secondary N) is 1. The van der Waals surface area contributed by atoms with Crippen molar-refractivity contribution in [2.45, 2.75) is 20.0 Å². The molecule has 0 atom stereocenters. The van der Waals surface area contributed by atoms with Crippen molar-refractivity contribution in [1.82, 2.24) is 25.1 Å². The Morgan fingerprint density at radius 3 is 3.06 bits per heavy atom. The maximum Gasteiger partial charge on any atom is 0.115 e. The van der Waals surface area contributed by atoms with Gasteiger partial charge in [-0.1, -0.05) is 0 Å². The molecular weight excluding hydrogens is 202 g/mol. The van der Waals surface area contributed by atoms with Crippen molar-refractivity contribution in [2.75, 3.05) is 6.54 Å². The third-order valence-electron chi connectivity index (χ3n) is 2.23. The van der Waals surface area contributed by atoms with Crippen LogP contribution in [0.2, 0.25) is 0 Å². The van der Waals surface area contributed by atoms with Gasteiger partial charge in [-0.15, -0.1) is 0 Å². The molecule has 0 bridgehead atoms. The summed E-state index contributed by atoms with van der Waals surface area (Å²) in [5.74, 6) is 0. The summed E-state index contributed by atoms with van der Waals surface area (Å²) in [7, 11) is 0. The topological polar surface area (TPSA) is 55.6 Å². The molecule has 0 fully saturated rings. The molecule has 0 saturated heterocycles. The first-order chi connectivity index (χ1) is 7.84. The first kappa shape index (κ1) is 10.8. The zero-order valence-electron chi connectivity index (χ0n) is 9.30. The molecule has 2 aromatic heterocycles. The highest BCUT2D eigenvalue weighted by Gasteiger charge is 1.95. The van der Waals surface area contributed by atoms with Crippen molar-refractivity contribution in [2.24, 2.45) is 0 Å². The lowest BCUT2D eigenvalue weighted by molar-refractivity contribution is 0.551. The minimum Gasteiger partial charge on any atom is -0.309 e. The Labute approximate surface area is 94.5 Å². The molecule has 5 heteroatoms. The molecule has 0 spiro atoms. The van der Waals surface area contributed by atoms with E-state index in [-0.39, 0.29) is 0 Å². The van der Waals surface area contributed by atoms with Gasteiger partial charge in [0.25, 0.3) is 0 Å². The average Bonchev–Trinajstić information content (AvgIpc) is 2.72. The minimum absolute atomic E-state index is 0.767. The van der Waals surface area contributed by atoms with E-state index in [1.165, 1.54) is 5.56 Å². The molecule has 5 nitrogen and oxygen atoms in total. The molecule has 0 unspecified atom stereocenters. The van der Waals surface area contributed by atoms with Crippen molar-refractivity contribution in [3.8, 4) is 0 Å². The van der Waals surface area contributed by atoms with Crippen LogP contribution in [0.4, 0.5) is 0 Å². The van der Waals surface area contributed by atoms with E-state index in [0.717, 1.165) is 25.3 Å². The molecular formula is C11H15N5. The molecule has 0 radical (unpaired) electrons. The average molecular weight is 217 g/mol. The lowest BCUT2D eigenvalue weighted by Gasteiger charge is -2.04. The minimum atomic E-state index is 0.767. The lowest BCUT2D eigenvalue weighted by Crippen LogP contribution is -2.20. The molecule has 0 aliphatic carbocycles. The van der Waals surface area contributed by atoms with Crippen molar-refractivity contribution in [3.63, 3.8) is 0 Å². The normalized spacial score (nSPS) is 10.6. The highest BCUT2D eigenvalue weighted by Crippen LogP contribution is 1.93. The Kier molecular flexibility index (Phi) is 3.61. The number of aromatic nitrogens is 4. The Morgan fingerprint density at radius 1 is 1.44 bits per heavy atom. The van der Waals surface area contributed by atoms with E-state index in [1.54, 1.807) is 12.5 Å². The third-order valence-corrected chi connectivity index (χ3v) is 2.23. The van der Waals surface area contributed by atoms with Gasteiger partial charge in [-0.2, -0.15) is 5.10 Å². The van der Waals surface area contributed by atoms with Crippen LogP contribution in [0.5, 0.6) is 0 Å². The Hall–Kier alpha value is -1.75. The van der Waals surface area contributed by atoms with Crippen LogP contribution in [-0.4, -0.2) is 26.3 Å². The Bertz CT molecular complexity index is 423. The van der Waals surface area contributed by atoms with Gasteiger partial charge in [0.2, 0.25) is 0 Å². The zero-order chi connectivity index (χ0) is 11.2. The molecule has 16 heavy (non-hydrogen) atoms. The van der Waals surface area contributed by atoms with Gasteiger partial charge in [-0.25, -0.2) is 9.97 Å². The summed E-state index contributed by atoms with van der Waals surface area (Å²) in [5.41, 5.74) is 2.20. The fraction of sp³-hybridized carbons (Fsp3) is 0.364. The lowest BCUT2D eigenvalue weighted by atomic mass is 10.4. The van der Waals surface area contributed by atoms with E-state index in [4.69, 9.17) is 0 Å². The smallest absolute Gasteiger partial charge is 0.115 e. The second kappa shape index (κ2) is 5.37. The molecule has 0 amide bonds. The van der Waals surface area contributed by atoms with Crippen molar-refractivity contribution >= 4 is 0 Å². The predicted molar refractivity (Wildman–Crippen MR) is 60.7 cm³/mol. The molecule has 2 rings (SSSR count). The molecule has 84 valence electrons. The summed E-state index contributed by atoms with van der Waals surface area (Å²) in [5, 5.41) is 7.52. The van der Waals surface area contributed by atoms with Crippen LogP contribution < -0.4 is 5.32 Å². The quantitative estimate of drug-likeness (QED) is 0.752. The van der Waals surface area contributed by atoms with E-state index in [2.05, 4.69) is 20.4 Å². The van der Waals surface area contributed by atoms with Gasteiger partial charge in [0.05, 0.1) is 18.4 Å². The number of aryl methyl sites for hydroxylation is 1. The maximum absolute atomic E-state index is 4.21. The number of hydrogen-bond donors (Lipinski definition) is 1. The highest BCUT2D eigenvalue weighted by atomic mass is 15.3. The highest BCUT2D eigenvalue weighted by molar-refractivity contribution is 4.99. The van der Waals surface area contributed by atoms with Gasteiger partial charge >= 0.3 is 0 Å². The molecule has 2 aromatic rings. The van der Waals surface area contributed by atoms with Crippen LogP contribution in [0.15, 0.2) is 31.0 Å². The van der Waals surface area contributed by atoms with E-state index in [1.807, 2.05) is 30.1 Å². The van der Waals surface area contributed by atoms with Gasteiger partial charge in [0.15, 0.2) is 0 Å². The Balaban J connectivity index is 1.69. The number of nitrogens with zero attached hydrogens (tertiary/aromatic N) is 4. The monoisotopic (exact) mass is 217 g/mol. The maximum atomic E-state index is 4.21. The second-order valence-corrected chi connectivity index (χ2v) is 3.66. The standard InChI is InChI=1S/C11H15N5/c1-10-6-15-16(8-10)5-4-12-7-11-2-3-13-9-14-11/h2-3,6,8-9,12H,4-5,7H2,1H3. The number of hydrogen-bond acceptors (Lipinski definition) is 4. The molecule has 1 N–H and O–H groups in total. The molecule has 0 aliphatic heterocycles. The van der Waals surface area contributed by atoms with Crippen LogP contribution in [0.1, 0.15) is 11.3 Å². The van der Waals surface area contributed by atoms with Gasteiger partial charge in [-0.05, 0) is 18.6 Å². The number of rotatable bonds is 5. The predicted octanol–water partition coefficient (Wildman–Crippen LogP) is 0.771. The van der Waals surface area contributed by atoms with Crippen molar-refractivity contribution in [1.29, 1.82) is 0 Å². The van der Waals surface area contributed by atoms with Crippen LogP contribution in [0, 0.1) is 6.92 Å². The van der Waals surface area contributed by atoms with E-state index in [0.29, 0.717) is 0 Å². The van der Waals surface area contributed by atoms with Crippen LogP contribution >= 0.6 is 0 Å². The molecule has 0 aromatic carbocycles.